The molecule has 0 spiro atoms. The Bertz CT molecular complexity index is 475. The number of carbonyl (C=O) groups excluding carboxylic acids is 1. The molecule has 1 aromatic heterocycles. The predicted octanol–water partition coefficient (Wildman–Crippen LogP) is 1.92. The van der Waals surface area contributed by atoms with Gasteiger partial charge in [-0.3, -0.25) is 0 Å². The summed E-state index contributed by atoms with van der Waals surface area (Å²) in [5, 5.41) is 0. The fraction of sp³-hybridized carbons (Fsp3) is 0.692. The molecular formula is C13H19N3O2. The Balaban J connectivity index is 1.69. The fourth-order valence-electron chi connectivity index (χ4n) is 2.94. The highest BCUT2D eigenvalue weighted by molar-refractivity contribution is 5.69. The summed E-state index contributed by atoms with van der Waals surface area (Å²) in [7, 11) is 0. The highest BCUT2D eigenvalue weighted by Gasteiger charge is 2.44. The number of carbonyl (C=O) groups is 1. The standard InChI is InChI=1S/C13H19N3O2/c1-13(2,3)18-12(17)16-5-8-4-10-11(9(8)6-16)15-7-14-10/h7-9H,4-6H2,1-3H3,(H,14,15)/t8-,9+/m1/s1. The van der Waals surface area contributed by atoms with Crippen LogP contribution in [0, 0.1) is 5.92 Å². The van der Waals surface area contributed by atoms with Crippen molar-refractivity contribution in [2.45, 2.75) is 38.7 Å². The second-order valence-corrected chi connectivity index (χ2v) is 6.22. The summed E-state index contributed by atoms with van der Waals surface area (Å²) in [5.74, 6) is 0.895. The number of nitrogens with zero attached hydrogens (tertiary/aromatic N) is 2. The molecule has 0 saturated carbocycles. The average molecular weight is 249 g/mol. The summed E-state index contributed by atoms with van der Waals surface area (Å²) in [5.41, 5.74) is 1.96. The van der Waals surface area contributed by atoms with Gasteiger partial charge in [0.1, 0.15) is 5.60 Å². The number of likely N-dealkylation sites (tertiary alicyclic amines) is 1. The Kier molecular flexibility index (Phi) is 2.40. The Hall–Kier alpha value is -1.52. The Labute approximate surface area is 107 Å². The smallest absolute Gasteiger partial charge is 0.410 e. The van der Waals surface area contributed by atoms with Crippen LogP contribution in [0.15, 0.2) is 6.33 Å². The summed E-state index contributed by atoms with van der Waals surface area (Å²) in [6.07, 6.45) is 2.55. The Morgan fingerprint density at radius 3 is 3.00 bits per heavy atom. The predicted molar refractivity (Wildman–Crippen MR) is 66.3 cm³/mol. The molecule has 1 saturated heterocycles. The van der Waals surface area contributed by atoms with Gasteiger partial charge in [0.2, 0.25) is 0 Å². The highest BCUT2D eigenvalue weighted by Crippen LogP contribution is 2.41. The van der Waals surface area contributed by atoms with Crippen LogP contribution in [0.5, 0.6) is 0 Å². The van der Waals surface area contributed by atoms with E-state index in [4.69, 9.17) is 4.74 Å². The van der Waals surface area contributed by atoms with E-state index in [1.54, 1.807) is 6.33 Å². The van der Waals surface area contributed by atoms with Gasteiger partial charge in [-0.1, -0.05) is 0 Å². The molecule has 5 heteroatoms. The number of hydrogen-bond acceptors (Lipinski definition) is 3. The van der Waals surface area contributed by atoms with Gasteiger partial charge in [0.05, 0.1) is 12.0 Å². The van der Waals surface area contributed by atoms with Gasteiger partial charge in [0.15, 0.2) is 0 Å². The van der Waals surface area contributed by atoms with Gasteiger partial charge in [-0.15, -0.1) is 0 Å². The van der Waals surface area contributed by atoms with Crippen LogP contribution in [0.25, 0.3) is 0 Å². The van der Waals surface area contributed by atoms with Gasteiger partial charge >= 0.3 is 6.09 Å². The number of rotatable bonds is 0. The van der Waals surface area contributed by atoms with E-state index in [1.807, 2.05) is 25.7 Å². The van der Waals surface area contributed by atoms with Crippen LogP contribution in [-0.2, 0) is 11.2 Å². The topological polar surface area (TPSA) is 58.2 Å². The van der Waals surface area contributed by atoms with Crippen LogP contribution in [-0.4, -0.2) is 39.7 Å². The summed E-state index contributed by atoms with van der Waals surface area (Å²) < 4.78 is 5.42. The minimum absolute atomic E-state index is 0.200. The molecule has 2 heterocycles. The maximum absolute atomic E-state index is 12.0. The van der Waals surface area contributed by atoms with Gasteiger partial charge in [0.25, 0.3) is 0 Å². The number of nitrogens with one attached hydrogen (secondary N) is 1. The van der Waals surface area contributed by atoms with Crippen LogP contribution in [0.2, 0.25) is 0 Å². The second kappa shape index (κ2) is 3.73. The lowest BCUT2D eigenvalue weighted by molar-refractivity contribution is 0.0285. The van der Waals surface area contributed by atoms with E-state index in [0.29, 0.717) is 11.8 Å². The molecule has 1 amide bonds. The van der Waals surface area contributed by atoms with Crippen molar-refractivity contribution < 1.29 is 9.53 Å². The van der Waals surface area contributed by atoms with Crippen molar-refractivity contribution >= 4 is 6.09 Å². The van der Waals surface area contributed by atoms with Crippen molar-refractivity contribution in [3.8, 4) is 0 Å². The first kappa shape index (κ1) is 11.6. The molecule has 0 radical (unpaired) electrons. The molecule has 1 aliphatic heterocycles. The summed E-state index contributed by atoms with van der Waals surface area (Å²) >= 11 is 0. The first-order chi connectivity index (χ1) is 8.44. The molecule has 1 aliphatic carbocycles. The van der Waals surface area contributed by atoms with E-state index >= 15 is 0 Å². The van der Waals surface area contributed by atoms with Crippen LogP contribution < -0.4 is 0 Å². The second-order valence-electron chi connectivity index (χ2n) is 6.22. The highest BCUT2D eigenvalue weighted by atomic mass is 16.6. The third kappa shape index (κ3) is 1.87. The lowest BCUT2D eigenvalue weighted by Gasteiger charge is -2.24. The van der Waals surface area contributed by atoms with Crippen molar-refractivity contribution in [1.29, 1.82) is 0 Å². The van der Waals surface area contributed by atoms with Crippen LogP contribution >= 0.6 is 0 Å². The Morgan fingerprint density at radius 2 is 2.28 bits per heavy atom. The average Bonchev–Trinajstić information content (AvgIpc) is 2.83. The molecule has 0 bridgehead atoms. The molecule has 18 heavy (non-hydrogen) atoms. The molecule has 2 atom stereocenters. The Morgan fingerprint density at radius 1 is 1.50 bits per heavy atom. The fourth-order valence-corrected chi connectivity index (χ4v) is 2.94. The van der Waals surface area contributed by atoms with Crippen LogP contribution in [0.1, 0.15) is 38.1 Å². The molecule has 2 aliphatic rings. The summed E-state index contributed by atoms with van der Waals surface area (Å²) in [4.78, 5) is 21.4. The number of ether oxygens (including phenoxy) is 1. The van der Waals surface area contributed by atoms with Crippen LogP contribution in [0.4, 0.5) is 4.79 Å². The molecule has 5 nitrogen and oxygen atoms in total. The minimum atomic E-state index is -0.424. The molecule has 0 unspecified atom stereocenters. The molecule has 1 aromatic rings. The van der Waals surface area contributed by atoms with Crippen molar-refractivity contribution in [1.82, 2.24) is 14.9 Å². The number of imidazole rings is 1. The zero-order valence-corrected chi connectivity index (χ0v) is 11.1. The van der Waals surface area contributed by atoms with Gasteiger partial charge in [-0.2, -0.15) is 0 Å². The number of hydrogen-bond donors (Lipinski definition) is 1. The summed E-state index contributed by atoms with van der Waals surface area (Å²) in [6, 6.07) is 0. The molecule has 1 N–H and O–H groups in total. The van der Waals surface area contributed by atoms with E-state index in [0.717, 1.165) is 25.2 Å². The largest absolute Gasteiger partial charge is 0.444 e. The number of amides is 1. The maximum Gasteiger partial charge on any atom is 0.410 e. The van der Waals surface area contributed by atoms with Crippen molar-refractivity contribution in [2.24, 2.45) is 5.92 Å². The molecular weight excluding hydrogens is 230 g/mol. The lowest BCUT2D eigenvalue weighted by Crippen LogP contribution is -2.35. The lowest BCUT2D eigenvalue weighted by atomic mass is 9.99. The maximum atomic E-state index is 12.0. The van der Waals surface area contributed by atoms with Crippen molar-refractivity contribution in [3.05, 3.63) is 17.7 Å². The third-order valence-electron chi connectivity index (χ3n) is 3.66. The molecule has 3 rings (SSSR count). The SMILES string of the molecule is CC(C)(C)OC(=O)N1C[C@H]2Cc3[nH]cnc3[C@H]2C1. The van der Waals surface area contributed by atoms with Gasteiger partial charge in [-0.05, 0) is 33.1 Å². The quantitative estimate of drug-likeness (QED) is 0.764. The minimum Gasteiger partial charge on any atom is -0.444 e. The summed E-state index contributed by atoms with van der Waals surface area (Å²) in [6.45, 7) is 7.20. The molecule has 1 fully saturated rings. The van der Waals surface area contributed by atoms with E-state index in [-0.39, 0.29) is 6.09 Å². The van der Waals surface area contributed by atoms with Gasteiger partial charge in [-0.25, -0.2) is 9.78 Å². The zero-order chi connectivity index (χ0) is 12.9. The first-order valence-electron chi connectivity index (χ1n) is 6.44. The molecule has 98 valence electrons. The van der Waals surface area contributed by atoms with Crippen LogP contribution in [0.3, 0.4) is 0 Å². The number of aromatic amines is 1. The van der Waals surface area contributed by atoms with E-state index in [2.05, 4.69) is 9.97 Å². The monoisotopic (exact) mass is 249 g/mol. The normalized spacial score (nSPS) is 26.1. The van der Waals surface area contributed by atoms with E-state index in [1.165, 1.54) is 5.69 Å². The molecule has 0 aromatic carbocycles. The first-order valence-corrected chi connectivity index (χ1v) is 6.44. The van der Waals surface area contributed by atoms with Crippen molar-refractivity contribution in [3.63, 3.8) is 0 Å². The number of H-pyrrole nitrogens is 1. The van der Waals surface area contributed by atoms with Gasteiger partial charge in [0, 0.05) is 24.7 Å². The number of fused-ring (bicyclic) bond motifs is 3. The zero-order valence-electron chi connectivity index (χ0n) is 11.1. The van der Waals surface area contributed by atoms with Crippen molar-refractivity contribution in [2.75, 3.05) is 13.1 Å². The van der Waals surface area contributed by atoms with E-state index < -0.39 is 5.60 Å². The van der Waals surface area contributed by atoms with E-state index in [9.17, 15) is 4.79 Å². The van der Waals surface area contributed by atoms with Gasteiger partial charge < -0.3 is 14.6 Å². The number of aromatic nitrogens is 2. The third-order valence-corrected chi connectivity index (χ3v) is 3.66.